The lowest BCUT2D eigenvalue weighted by atomic mass is 9.85. The fourth-order valence-corrected chi connectivity index (χ4v) is 9.77. The van der Waals surface area contributed by atoms with Crippen LogP contribution in [0.3, 0.4) is 0 Å². The molecule has 75 heavy (non-hydrogen) atoms. The number of aryl methyl sites for hydroxylation is 1. The van der Waals surface area contributed by atoms with E-state index in [1.54, 1.807) is 35.3 Å². The normalized spacial score (nSPS) is 15.5. The largest absolute Gasteiger partial charge is 0.484 e. The highest BCUT2D eigenvalue weighted by Gasteiger charge is 2.42. The number of halogens is 3. The van der Waals surface area contributed by atoms with Crippen molar-refractivity contribution in [2.24, 2.45) is 11.1 Å². The van der Waals surface area contributed by atoms with Crippen molar-refractivity contribution in [3.63, 3.8) is 0 Å². The molecule has 1 aliphatic rings. The summed E-state index contributed by atoms with van der Waals surface area (Å²) in [6, 6.07) is 19.7. The summed E-state index contributed by atoms with van der Waals surface area (Å²) in [7, 11) is -5.11. The van der Waals surface area contributed by atoms with E-state index < -0.39 is 51.2 Å². The van der Waals surface area contributed by atoms with Crippen molar-refractivity contribution >= 4 is 56.4 Å². The monoisotopic (exact) mass is 1070 g/mol. The zero-order valence-corrected chi connectivity index (χ0v) is 43.6. The summed E-state index contributed by atoms with van der Waals surface area (Å²) in [5.41, 5.74) is 11.2. The molecule has 396 valence electrons. The Morgan fingerprint density at radius 2 is 1.75 bits per heavy atom. The molecule has 4 atom stereocenters. The molecule has 22 heteroatoms. The van der Waals surface area contributed by atoms with Gasteiger partial charge in [0.1, 0.15) is 35.1 Å². The number of carbonyl (C=O) groups excluding carboxylic acids is 3. The fourth-order valence-electron chi connectivity index (χ4n) is 8.40. The van der Waals surface area contributed by atoms with E-state index in [0.29, 0.717) is 49.9 Å². The zero-order valence-electron chi connectivity index (χ0n) is 41.9. The Morgan fingerprint density at radius 1 is 1.01 bits per heavy atom. The van der Waals surface area contributed by atoms with Crippen molar-refractivity contribution in [2.45, 2.75) is 103 Å². The van der Waals surface area contributed by atoms with Crippen molar-refractivity contribution in [1.29, 1.82) is 0 Å². The first-order chi connectivity index (χ1) is 35.7. The van der Waals surface area contributed by atoms with Gasteiger partial charge in [-0.3, -0.25) is 24.2 Å². The lowest BCUT2D eigenvalue weighted by molar-refractivity contribution is -0.140. The summed E-state index contributed by atoms with van der Waals surface area (Å²) in [5.74, 6) is 0.616. The van der Waals surface area contributed by atoms with Gasteiger partial charge in [0.2, 0.25) is 11.8 Å². The van der Waals surface area contributed by atoms with E-state index in [0.717, 1.165) is 21.7 Å². The van der Waals surface area contributed by atoms with E-state index in [4.69, 9.17) is 10.5 Å². The molecule has 1 fully saturated rings. The highest BCUT2D eigenvalue weighted by Crippen LogP contribution is 2.37. The number of aliphatic hydroxyl groups excluding tert-OH is 1. The van der Waals surface area contributed by atoms with Crippen LogP contribution >= 0.6 is 11.3 Å². The molecule has 6 aromatic rings. The number of aromatic amines is 1. The Kier molecular flexibility index (Phi) is 18.0. The van der Waals surface area contributed by atoms with Crippen LogP contribution in [0.4, 0.5) is 30.5 Å². The van der Waals surface area contributed by atoms with Gasteiger partial charge in [0, 0.05) is 55.8 Å². The zero-order chi connectivity index (χ0) is 54.0. The van der Waals surface area contributed by atoms with Gasteiger partial charge in [-0.05, 0) is 91.6 Å². The van der Waals surface area contributed by atoms with Crippen LogP contribution in [-0.4, -0.2) is 93.3 Å². The average Bonchev–Trinajstić information content (AvgIpc) is 4.10. The molecule has 0 radical (unpaired) electrons. The van der Waals surface area contributed by atoms with Crippen LogP contribution in [0.1, 0.15) is 98.6 Å². The number of β-amino-alcohol motifs (C(OH)–C–C–N with tert-alkyl or cyclic N) is 1. The van der Waals surface area contributed by atoms with Crippen LogP contribution in [-0.2, 0) is 26.2 Å². The molecular weight excluding hydrogens is 1010 g/mol. The third-order valence-electron chi connectivity index (χ3n) is 12.4. The molecule has 8 N–H and O–H groups in total. The standard InChI is InChI=1S/C53H59F3N10O7S2/c1-31-47(74-30-60-31)36-15-12-34(13-16-36)26-58-28-39-25-40(67)29-66(39)51(70)48(53(3,4)5)62-44(68)11-9-7-6-8-10-33-14-23-43(59-27-33)61-50-45(49(57)69)46(63-64-50)37-19-22-41(65-75(71,72)52(55)56)42(24-37)73-32(2)35-17-20-38(54)21-18-35/h12-24,27,30,32,39-40,48,52,58,65,67H,6-7,9,11,25-26,28-29H2,1-5H3,(H2,57,69)(H,62,68)(H2,59,61,63,64)/t32-,39-,40+,48+/m0/s1. The van der Waals surface area contributed by atoms with Gasteiger partial charge in [0.15, 0.2) is 5.82 Å². The summed E-state index contributed by atoms with van der Waals surface area (Å²) in [6.45, 7) is 10.6. The number of aliphatic hydroxyl groups is 1. The number of primary amides is 1. The van der Waals surface area contributed by atoms with E-state index in [-0.39, 0.29) is 70.7 Å². The number of H-pyrrole nitrogens is 1. The number of nitrogens with two attached hydrogens (primary N) is 1. The predicted molar refractivity (Wildman–Crippen MR) is 281 cm³/mol. The molecule has 3 aromatic heterocycles. The number of hydrogen-bond acceptors (Lipinski definition) is 13. The number of ether oxygens (including phenoxy) is 1. The number of anilines is 3. The molecule has 0 saturated carbocycles. The number of sulfonamides is 1. The summed E-state index contributed by atoms with van der Waals surface area (Å²) in [4.78, 5) is 51.7. The maximum absolute atomic E-state index is 14.1. The van der Waals surface area contributed by atoms with Gasteiger partial charge in [-0.2, -0.15) is 13.9 Å². The van der Waals surface area contributed by atoms with Gasteiger partial charge in [0.25, 0.3) is 15.9 Å². The minimum absolute atomic E-state index is 0.000806. The smallest absolute Gasteiger partial charge is 0.355 e. The number of amides is 3. The van der Waals surface area contributed by atoms with Crippen LogP contribution in [0.25, 0.3) is 21.7 Å². The molecule has 0 aliphatic carbocycles. The third kappa shape index (κ3) is 14.5. The minimum atomic E-state index is -5.11. The number of unbranched alkanes of at least 4 members (excludes halogenated alkanes) is 2. The van der Waals surface area contributed by atoms with Crippen LogP contribution < -0.4 is 31.1 Å². The van der Waals surface area contributed by atoms with Gasteiger partial charge < -0.3 is 36.4 Å². The van der Waals surface area contributed by atoms with Crippen LogP contribution in [0, 0.1) is 30.0 Å². The molecule has 1 saturated heterocycles. The topological polar surface area (TPSA) is 247 Å². The summed E-state index contributed by atoms with van der Waals surface area (Å²) in [6.07, 6.45) is 2.31. The quantitative estimate of drug-likeness (QED) is 0.0266. The number of hydrogen-bond donors (Lipinski definition) is 7. The van der Waals surface area contributed by atoms with Gasteiger partial charge >= 0.3 is 5.76 Å². The number of nitrogens with zero attached hydrogens (tertiary/aromatic N) is 4. The van der Waals surface area contributed by atoms with Crippen molar-refractivity contribution < 1.29 is 45.8 Å². The fraction of sp³-hybridized carbons (Fsp3) is 0.358. The Balaban J connectivity index is 0.904. The number of likely N-dealkylation sites (tertiary alicyclic amines) is 1. The maximum atomic E-state index is 14.1. The highest BCUT2D eigenvalue weighted by atomic mass is 32.2. The molecule has 3 aromatic carbocycles. The van der Waals surface area contributed by atoms with E-state index in [1.807, 2.05) is 37.9 Å². The third-order valence-corrected chi connectivity index (χ3v) is 14.3. The van der Waals surface area contributed by atoms with Gasteiger partial charge in [-0.1, -0.05) is 75.1 Å². The number of alkyl halides is 2. The van der Waals surface area contributed by atoms with E-state index >= 15 is 0 Å². The van der Waals surface area contributed by atoms with Crippen molar-refractivity contribution in [3.8, 4) is 39.3 Å². The first-order valence-corrected chi connectivity index (χ1v) is 26.5. The van der Waals surface area contributed by atoms with E-state index in [2.05, 4.69) is 72.2 Å². The number of benzene rings is 3. The van der Waals surface area contributed by atoms with Crippen molar-refractivity contribution in [1.82, 2.24) is 35.7 Å². The highest BCUT2D eigenvalue weighted by molar-refractivity contribution is 7.93. The second-order valence-electron chi connectivity index (χ2n) is 19.2. The second-order valence-corrected chi connectivity index (χ2v) is 21.7. The number of aromatic nitrogens is 4. The first-order valence-electron chi connectivity index (χ1n) is 24.1. The number of thiazole rings is 1. The molecule has 17 nitrogen and oxygen atoms in total. The lowest BCUT2D eigenvalue weighted by Gasteiger charge is -2.36. The molecule has 3 amide bonds. The van der Waals surface area contributed by atoms with E-state index in [1.165, 1.54) is 48.7 Å². The molecule has 7 rings (SSSR count). The number of nitrogens with one attached hydrogen (secondary N) is 5. The van der Waals surface area contributed by atoms with Crippen LogP contribution in [0.15, 0.2) is 90.6 Å². The maximum Gasteiger partial charge on any atom is 0.355 e. The van der Waals surface area contributed by atoms with Crippen molar-refractivity contribution in [2.75, 3.05) is 23.1 Å². The predicted octanol–water partition coefficient (Wildman–Crippen LogP) is 8.18. The number of pyridine rings is 1. The summed E-state index contributed by atoms with van der Waals surface area (Å²) < 4.78 is 72.4. The van der Waals surface area contributed by atoms with Gasteiger partial charge in [-0.15, -0.1) is 11.3 Å². The average molecular weight is 1070 g/mol. The Morgan fingerprint density at radius 3 is 2.40 bits per heavy atom. The van der Waals surface area contributed by atoms with Crippen LogP contribution in [0.2, 0.25) is 0 Å². The van der Waals surface area contributed by atoms with Gasteiger partial charge in [0.05, 0.1) is 33.6 Å². The first kappa shape index (κ1) is 55.4. The molecule has 0 unspecified atom stereocenters. The summed E-state index contributed by atoms with van der Waals surface area (Å²) in [5, 5.41) is 27.0. The molecule has 1 aliphatic heterocycles. The number of carbonyl (C=O) groups is 3. The summed E-state index contributed by atoms with van der Waals surface area (Å²) >= 11 is 1.61. The molecule has 0 bridgehead atoms. The lowest BCUT2D eigenvalue weighted by Crippen LogP contribution is -2.56. The Bertz CT molecular complexity index is 3140. The number of rotatable bonds is 21. The molecular formula is C53H59F3N10O7S2. The second kappa shape index (κ2) is 24.4. The SMILES string of the molecule is Cc1ncsc1-c1ccc(CNC[C@@H]2C[C@@H](O)CN2C(=O)[C@@H](NC(=O)CCCCC#Cc2ccc(Nc3n[nH]c(-c4ccc(NS(=O)(=O)C(F)F)c(O[C@@H](C)c5ccc(F)cc5)c4)c3C(N)=O)nc2)C(C)(C)C)cc1. The molecule has 0 spiro atoms. The minimum Gasteiger partial charge on any atom is -0.484 e. The Labute approximate surface area is 437 Å². The van der Waals surface area contributed by atoms with Crippen LogP contribution in [0.5, 0.6) is 5.75 Å². The molecule has 4 heterocycles. The van der Waals surface area contributed by atoms with Crippen molar-refractivity contribution in [3.05, 3.63) is 124 Å². The van der Waals surface area contributed by atoms with Gasteiger partial charge in [-0.25, -0.2) is 22.8 Å². The van der Waals surface area contributed by atoms with E-state index in [9.17, 15) is 41.1 Å². The Hall–Kier alpha value is -7.32.